The number of carboxylic acids is 1. The maximum absolute atomic E-state index is 11.7. The van der Waals surface area contributed by atoms with Crippen LogP contribution in [-0.4, -0.2) is 34.7 Å². The van der Waals surface area contributed by atoms with Gasteiger partial charge in [-0.15, -0.1) is 0 Å². The van der Waals surface area contributed by atoms with Crippen LogP contribution in [0.3, 0.4) is 0 Å². The summed E-state index contributed by atoms with van der Waals surface area (Å²) in [5.74, 6) is -1.42. The fourth-order valence-corrected chi connectivity index (χ4v) is 1.89. The summed E-state index contributed by atoms with van der Waals surface area (Å²) < 4.78 is 5.35. The first kappa shape index (κ1) is 12.5. The number of ether oxygens (including phenoxy) is 1. The lowest BCUT2D eigenvalue weighted by atomic mass is 10.1. The average Bonchev–Trinajstić information content (AvgIpc) is 2.82. The maximum atomic E-state index is 11.7. The van der Waals surface area contributed by atoms with Gasteiger partial charge in [0.25, 0.3) is 0 Å². The first-order valence-corrected chi connectivity index (χ1v) is 5.76. The zero-order valence-electron chi connectivity index (χ0n) is 9.76. The van der Waals surface area contributed by atoms with Crippen molar-refractivity contribution in [1.82, 2.24) is 4.98 Å². The van der Waals surface area contributed by atoms with Crippen molar-refractivity contribution < 1.29 is 19.4 Å². The molecule has 0 spiro atoms. The first-order chi connectivity index (χ1) is 8.66. The Morgan fingerprint density at radius 3 is 3.06 bits per heavy atom. The van der Waals surface area contributed by atoms with Crippen LogP contribution in [0.25, 0.3) is 0 Å². The van der Waals surface area contributed by atoms with Crippen LogP contribution in [0.1, 0.15) is 29.8 Å². The summed E-state index contributed by atoms with van der Waals surface area (Å²) in [6, 6.07) is 3.10. The lowest BCUT2D eigenvalue weighted by Gasteiger charge is -2.10. The Balaban J connectivity index is 2.00. The highest BCUT2D eigenvalue weighted by Gasteiger charge is 2.20. The molecule has 0 bridgehead atoms. The molecule has 1 atom stereocenters. The summed E-state index contributed by atoms with van der Waals surface area (Å²) in [7, 11) is 0. The van der Waals surface area contributed by atoms with E-state index in [4.69, 9.17) is 9.84 Å². The zero-order chi connectivity index (χ0) is 13.0. The Morgan fingerprint density at radius 2 is 2.39 bits per heavy atom. The highest BCUT2D eigenvalue weighted by Crippen LogP contribution is 2.17. The normalized spacial score (nSPS) is 18.6. The molecule has 0 radical (unpaired) electrons. The number of carboxylic acid groups (broad SMARTS) is 1. The third-order valence-corrected chi connectivity index (χ3v) is 2.72. The van der Waals surface area contributed by atoms with Crippen LogP contribution in [0.15, 0.2) is 18.3 Å². The van der Waals surface area contributed by atoms with Crippen LogP contribution >= 0.6 is 0 Å². The Bertz CT molecular complexity index is 455. The number of pyridine rings is 1. The highest BCUT2D eigenvalue weighted by molar-refractivity contribution is 5.99. The Morgan fingerprint density at radius 1 is 1.56 bits per heavy atom. The highest BCUT2D eigenvalue weighted by atomic mass is 16.5. The molecule has 0 saturated carbocycles. The topological polar surface area (TPSA) is 88.5 Å². The van der Waals surface area contributed by atoms with Crippen molar-refractivity contribution in [2.75, 3.05) is 11.9 Å². The van der Waals surface area contributed by atoms with E-state index in [-0.39, 0.29) is 29.8 Å². The van der Waals surface area contributed by atoms with E-state index in [2.05, 4.69) is 10.3 Å². The van der Waals surface area contributed by atoms with Crippen LogP contribution in [0.4, 0.5) is 5.69 Å². The van der Waals surface area contributed by atoms with Gasteiger partial charge in [0.15, 0.2) is 5.69 Å². The molecule has 1 unspecified atom stereocenters. The van der Waals surface area contributed by atoms with E-state index < -0.39 is 5.97 Å². The molecule has 96 valence electrons. The van der Waals surface area contributed by atoms with Gasteiger partial charge >= 0.3 is 5.97 Å². The summed E-state index contributed by atoms with van der Waals surface area (Å²) in [6.45, 7) is 0.686. The van der Waals surface area contributed by atoms with Gasteiger partial charge in [-0.1, -0.05) is 0 Å². The first-order valence-electron chi connectivity index (χ1n) is 5.76. The molecule has 18 heavy (non-hydrogen) atoms. The quantitative estimate of drug-likeness (QED) is 0.840. The van der Waals surface area contributed by atoms with E-state index in [9.17, 15) is 9.59 Å². The molecule has 6 heteroatoms. The number of nitrogens with one attached hydrogen (secondary N) is 1. The molecule has 1 aromatic rings. The number of carbonyl (C=O) groups is 2. The molecule has 2 heterocycles. The number of amides is 1. The minimum atomic E-state index is -1.16. The zero-order valence-corrected chi connectivity index (χ0v) is 9.76. The fourth-order valence-electron chi connectivity index (χ4n) is 1.89. The van der Waals surface area contributed by atoms with Crippen molar-refractivity contribution in [3.8, 4) is 0 Å². The Kier molecular flexibility index (Phi) is 3.88. The van der Waals surface area contributed by atoms with Gasteiger partial charge in [-0.3, -0.25) is 4.79 Å². The average molecular weight is 250 g/mol. The van der Waals surface area contributed by atoms with Gasteiger partial charge in [0.05, 0.1) is 18.2 Å². The largest absolute Gasteiger partial charge is 0.476 e. The van der Waals surface area contributed by atoms with Gasteiger partial charge < -0.3 is 15.2 Å². The van der Waals surface area contributed by atoms with E-state index >= 15 is 0 Å². The van der Waals surface area contributed by atoms with Crippen molar-refractivity contribution in [3.63, 3.8) is 0 Å². The fraction of sp³-hybridized carbons (Fsp3) is 0.417. The monoisotopic (exact) mass is 250 g/mol. The number of anilines is 1. The molecule has 0 aromatic carbocycles. The molecule has 1 saturated heterocycles. The third kappa shape index (κ3) is 3.04. The number of hydrogen-bond acceptors (Lipinski definition) is 4. The SMILES string of the molecule is O=C(CC1CCCO1)Nc1cccnc1C(=O)O. The second kappa shape index (κ2) is 5.59. The minimum absolute atomic E-state index is 0.0602. The standard InChI is InChI=1S/C12H14N2O4/c15-10(7-8-3-2-6-18-8)14-9-4-1-5-13-11(9)12(16)17/h1,4-5,8H,2-3,6-7H2,(H,14,15)(H,16,17). The van der Waals surface area contributed by atoms with Gasteiger partial charge in [0.1, 0.15) is 0 Å². The van der Waals surface area contributed by atoms with Crippen LogP contribution in [0.5, 0.6) is 0 Å². The van der Waals surface area contributed by atoms with Crippen LogP contribution < -0.4 is 5.32 Å². The van der Waals surface area contributed by atoms with Crippen molar-refractivity contribution in [1.29, 1.82) is 0 Å². The summed E-state index contributed by atoms with van der Waals surface area (Å²) in [4.78, 5) is 26.4. The molecule has 1 amide bonds. The third-order valence-electron chi connectivity index (χ3n) is 2.72. The van der Waals surface area contributed by atoms with E-state index in [1.807, 2.05) is 0 Å². The number of nitrogens with zero attached hydrogens (tertiary/aromatic N) is 1. The van der Waals surface area contributed by atoms with Gasteiger partial charge in [-0.2, -0.15) is 0 Å². The maximum Gasteiger partial charge on any atom is 0.356 e. The molecular weight excluding hydrogens is 236 g/mol. The molecule has 0 aliphatic carbocycles. The number of aromatic carboxylic acids is 1. The van der Waals surface area contributed by atoms with E-state index in [0.717, 1.165) is 12.8 Å². The number of hydrogen-bond donors (Lipinski definition) is 2. The second-order valence-corrected chi connectivity index (χ2v) is 4.09. The summed E-state index contributed by atoms with van der Waals surface area (Å²) in [5.41, 5.74) is 0.0613. The van der Waals surface area contributed by atoms with E-state index in [1.165, 1.54) is 12.3 Å². The van der Waals surface area contributed by atoms with Gasteiger partial charge in [-0.25, -0.2) is 9.78 Å². The molecule has 6 nitrogen and oxygen atoms in total. The molecule has 1 fully saturated rings. The predicted octanol–water partition coefficient (Wildman–Crippen LogP) is 1.29. The lowest BCUT2D eigenvalue weighted by Crippen LogP contribution is -2.20. The predicted molar refractivity (Wildman–Crippen MR) is 63.4 cm³/mol. The van der Waals surface area contributed by atoms with Gasteiger partial charge in [0.2, 0.25) is 5.91 Å². The molecule has 1 aromatic heterocycles. The van der Waals surface area contributed by atoms with Crippen LogP contribution in [-0.2, 0) is 9.53 Å². The second-order valence-electron chi connectivity index (χ2n) is 4.09. The van der Waals surface area contributed by atoms with Crippen LogP contribution in [0.2, 0.25) is 0 Å². The van der Waals surface area contributed by atoms with E-state index in [1.54, 1.807) is 6.07 Å². The minimum Gasteiger partial charge on any atom is -0.476 e. The summed E-state index contributed by atoms with van der Waals surface area (Å²) >= 11 is 0. The molecule has 2 rings (SSSR count). The van der Waals surface area contributed by atoms with Crippen molar-refractivity contribution in [3.05, 3.63) is 24.0 Å². The van der Waals surface area contributed by atoms with E-state index in [0.29, 0.717) is 6.61 Å². The lowest BCUT2D eigenvalue weighted by molar-refractivity contribution is -0.118. The smallest absolute Gasteiger partial charge is 0.356 e. The number of aromatic nitrogens is 1. The molecule has 1 aliphatic heterocycles. The Labute approximate surface area is 104 Å². The number of rotatable bonds is 4. The van der Waals surface area contributed by atoms with Crippen molar-refractivity contribution in [2.45, 2.75) is 25.4 Å². The summed E-state index contributed by atoms with van der Waals surface area (Å²) in [6.07, 6.45) is 3.39. The molecule has 2 N–H and O–H groups in total. The van der Waals surface area contributed by atoms with Crippen LogP contribution in [0, 0.1) is 0 Å². The van der Waals surface area contributed by atoms with Gasteiger partial charge in [-0.05, 0) is 25.0 Å². The molecule has 1 aliphatic rings. The van der Waals surface area contributed by atoms with Crippen molar-refractivity contribution in [2.24, 2.45) is 0 Å². The van der Waals surface area contributed by atoms with Crippen molar-refractivity contribution >= 4 is 17.6 Å². The summed E-state index contributed by atoms with van der Waals surface area (Å²) in [5, 5.41) is 11.5. The number of carbonyl (C=O) groups excluding carboxylic acids is 1. The molecular formula is C12H14N2O4. The Hall–Kier alpha value is -1.95. The van der Waals surface area contributed by atoms with Gasteiger partial charge in [0, 0.05) is 12.8 Å².